The van der Waals surface area contributed by atoms with Gasteiger partial charge in [0, 0.05) is 7.05 Å². The topological polar surface area (TPSA) is 79.7 Å². The van der Waals surface area contributed by atoms with E-state index in [1.165, 1.54) is 13.1 Å². The van der Waals surface area contributed by atoms with E-state index in [1.807, 2.05) is 18.2 Å². The highest BCUT2D eigenvalue weighted by atomic mass is 19.1. The Kier molecular flexibility index (Phi) is 5.69. The molecule has 1 aromatic carbocycles. The molecule has 2 aromatic rings. The minimum atomic E-state index is -1.75. The summed E-state index contributed by atoms with van der Waals surface area (Å²) in [6.07, 6.45) is 0.156. The monoisotopic (exact) mass is 346 g/mol. The van der Waals surface area contributed by atoms with Gasteiger partial charge in [-0.15, -0.1) is 0 Å². The second kappa shape index (κ2) is 7.74. The largest absolute Gasteiger partial charge is 0.479 e. The highest BCUT2D eigenvalue weighted by Gasteiger charge is 2.47. The van der Waals surface area contributed by atoms with Crippen LogP contribution in [0.5, 0.6) is 0 Å². The first-order valence-electron chi connectivity index (χ1n) is 7.71. The van der Waals surface area contributed by atoms with Crippen LogP contribution >= 0.6 is 0 Å². The second-order valence-electron chi connectivity index (χ2n) is 5.48. The molecule has 7 heteroatoms. The molecule has 2 rings (SSSR count). The first-order valence-corrected chi connectivity index (χ1v) is 7.71. The van der Waals surface area contributed by atoms with Crippen LogP contribution in [-0.4, -0.2) is 34.1 Å². The van der Waals surface area contributed by atoms with E-state index < -0.39 is 23.4 Å². The first kappa shape index (κ1) is 18.4. The first-order chi connectivity index (χ1) is 11.9. The highest BCUT2D eigenvalue weighted by molar-refractivity contribution is 5.85. The molecule has 0 bridgehead atoms. The van der Waals surface area contributed by atoms with Gasteiger partial charge in [0.1, 0.15) is 12.4 Å². The fourth-order valence-electron chi connectivity index (χ4n) is 2.59. The average molecular weight is 346 g/mol. The van der Waals surface area contributed by atoms with Crippen molar-refractivity contribution >= 4 is 12.1 Å². The molecule has 1 aromatic heterocycles. The molecule has 132 valence electrons. The Morgan fingerprint density at radius 1 is 1.24 bits per heavy atom. The number of halogens is 1. The van der Waals surface area contributed by atoms with E-state index in [1.54, 1.807) is 19.1 Å². The molecule has 0 aliphatic carbocycles. The number of amides is 1. The molecule has 1 atom stereocenters. The number of benzene rings is 1. The van der Waals surface area contributed by atoms with Crippen LogP contribution in [0, 0.1) is 5.82 Å². The maximum absolute atomic E-state index is 13.1. The van der Waals surface area contributed by atoms with Gasteiger partial charge >= 0.3 is 12.1 Å². The minimum absolute atomic E-state index is 0.0142. The Balaban J connectivity index is 2.26. The van der Waals surface area contributed by atoms with Crippen molar-refractivity contribution in [3.63, 3.8) is 0 Å². The Morgan fingerprint density at radius 2 is 1.92 bits per heavy atom. The van der Waals surface area contributed by atoms with E-state index in [0.717, 1.165) is 22.7 Å². The van der Waals surface area contributed by atoms with Crippen LogP contribution in [0.1, 0.15) is 24.6 Å². The molecule has 1 amide bonds. The quantitative estimate of drug-likeness (QED) is 0.869. The van der Waals surface area contributed by atoms with Crippen molar-refractivity contribution in [2.45, 2.75) is 25.5 Å². The van der Waals surface area contributed by atoms with Gasteiger partial charge in [-0.1, -0.05) is 37.3 Å². The lowest BCUT2D eigenvalue weighted by Gasteiger charge is -2.36. The average Bonchev–Trinajstić information content (AvgIpc) is 2.62. The molecule has 0 saturated carbocycles. The molecular weight excluding hydrogens is 327 g/mol. The number of carboxylic acid groups (broad SMARTS) is 1. The third kappa shape index (κ3) is 3.76. The van der Waals surface area contributed by atoms with Crippen LogP contribution in [0.15, 0.2) is 48.7 Å². The molecule has 0 radical (unpaired) electrons. The number of ether oxygens (including phenoxy) is 1. The zero-order chi connectivity index (χ0) is 18.4. The molecule has 6 nitrogen and oxygen atoms in total. The van der Waals surface area contributed by atoms with Gasteiger partial charge in [-0.2, -0.15) is 0 Å². The molecule has 0 fully saturated rings. The van der Waals surface area contributed by atoms with Crippen LogP contribution < -0.4 is 0 Å². The number of rotatable bonds is 6. The van der Waals surface area contributed by atoms with E-state index in [9.17, 15) is 19.1 Å². The van der Waals surface area contributed by atoms with Gasteiger partial charge in [-0.3, -0.25) is 9.88 Å². The zero-order valence-electron chi connectivity index (χ0n) is 14.0. The van der Waals surface area contributed by atoms with Crippen molar-refractivity contribution in [1.82, 2.24) is 9.88 Å². The number of nitrogens with zero attached hydrogens (tertiary/aromatic N) is 2. The van der Waals surface area contributed by atoms with Crippen LogP contribution in [-0.2, 0) is 21.7 Å². The lowest BCUT2D eigenvalue weighted by molar-refractivity contribution is -0.151. The summed E-state index contributed by atoms with van der Waals surface area (Å²) in [5, 5.41) is 9.77. The molecular formula is C18H19FN2O4. The summed E-state index contributed by atoms with van der Waals surface area (Å²) in [5.41, 5.74) is -0.911. The maximum atomic E-state index is 13.1. The normalized spacial score (nSPS) is 12.9. The number of pyridine rings is 1. The Bertz CT molecular complexity index is 737. The van der Waals surface area contributed by atoms with Gasteiger partial charge in [0.05, 0.1) is 11.9 Å². The van der Waals surface area contributed by atoms with Crippen LogP contribution in [0.2, 0.25) is 0 Å². The number of carboxylic acids is 1. The predicted molar refractivity (Wildman–Crippen MR) is 88.2 cm³/mol. The molecule has 0 aliphatic heterocycles. The van der Waals surface area contributed by atoms with E-state index in [2.05, 4.69) is 4.98 Å². The van der Waals surface area contributed by atoms with Crippen molar-refractivity contribution in [3.8, 4) is 0 Å². The zero-order valence-corrected chi connectivity index (χ0v) is 14.0. The Labute approximate surface area is 144 Å². The van der Waals surface area contributed by atoms with Crippen molar-refractivity contribution in [2.75, 3.05) is 7.05 Å². The SMILES string of the molecule is CCC(C(=O)O)(c1ccc(F)cn1)N(C)C(=O)OCc1ccccc1. The molecule has 25 heavy (non-hydrogen) atoms. The Hall–Kier alpha value is -2.96. The van der Waals surface area contributed by atoms with Crippen LogP contribution in [0.4, 0.5) is 9.18 Å². The van der Waals surface area contributed by atoms with Gasteiger partial charge in [0.15, 0.2) is 5.54 Å². The Morgan fingerprint density at radius 3 is 2.44 bits per heavy atom. The van der Waals surface area contributed by atoms with Gasteiger partial charge in [0.2, 0.25) is 0 Å². The predicted octanol–water partition coefficient (Wildman–Crippen LogP) is 3.18. The van der Waals surface area contributed by atoms with Crippen molar-refractivity contribution in [2.24, 2.45) is 0 Å². The molecule has 1 N–H and O–H groups in total. The van der Waals surface area contributed by atoms with Gasteiger partial charge < -0.3 is 9.84 Å². The summed E-state index contributed by atoms with van der Waals surface area (Å²) in [6.45, 7) is 1.63. The molecule has 0 aliphatic rings. The summed E-state index contributed by atoms with van der Waals surface area (Å²) in [7, 11) is 1.33. The highest BCUT2D eigenvalue weighted by Crippen LogP contribution is 2.31. The fourth-order valence-corrected chi connectivity index (χ4v) is 2.59. The number of hydrogen-bond donors (Lipinski definition) is 1. The van der Waals surface area contributed by atoms with Gasteiger partial charge in [0.25, 0.3) is 0 Å². The lowest BCUT2D eigenvalue weighted by Crippen LogP contribution is -2.53. The summed E-state index contributed by atoms with van der Waals surface area (Å²) in [4.78, 5) is 29.2. The third-order valence-electron chi connectivity index (χ3n) is 4.07. The van der Waals surface area contributed by atoms with E-state index in [-0.39, 0.29) is 18.7 Å². The van der Waals surface area contributed by atoms with Gasteiger partial charge in [-0.05, 0) is 24.1 Å². The second-order valence-corrected chi connectivity index (χ2v) is 5.48. The van der Waals surface area contributed by atoms with E-state index in [4.69, 9.17) is 4.74 Å². The summed E-state index contributed by atoms with van der Waals surface area (Å²) >= 11 is 0. The van der Waals surface area contributed by atoms with Gasteiger partial charge in [-0.25, -0.2) is 14.0 Å². The summed E-state index contributed by atoms with van der Waals surface area (Å²) < 4.78 is 18.3. The third-order valence-corrected chi connectivity index (χ3v) is 4.07. The van der Waals surface area contributed by atoms with Crippen molar-refractivity contribution < 1.29 is 23.8 Å². The van der Waals surface area contributed by atoms with Crippen molar-refractivity contribution in [3.05, 3.63) is 65.7 Å². The summed E-state index contributed by atoms with van der Waals surface area (Å²) in [5.74, 6) is -1.86. The molecule has 0 saturated heterocycles. The van der Waals surface area contributed by atoms with Crippen LogP contribution in [0.3, 0.4) is 0 Å². The number of aliphatic carboxylic acids is 1. The van der Waals surface area contributed by atoms with E-state index >= 15 is 0 Å². The number of carbonyl (C=O) groups excluding carboxylic acids is 1. The minimum Gasteiger partial charge on any atom is -0.479 e. The molecule has 0 spiro atoms. The summed E-state index contributed by atoms with van der Waals surface area (Å²) in [6, 6.07) is 11.4. The number of hydrogen-bond acceptors (Lipinski definition) is 4. The standard InChI is InChI=1S/C18H19FN2O4/c1-3-18(16(22)23,15-10-9-14(19)11-20-15)21(2)17(24)25-12-13-7-5-4-6-8-13/h4-11H,3,12H2,1-2H3,(H,22,23). The maximum Gasteiger partial charge on any atom is 0.411 e. The molecule has 1 unspecified atom stereocenters. The fraction of sp³-hybridized carbons (Fsp3) is 0.278. The molecule has 1 heterocycles. The number of likely N-dealkylation sites (N-methyl/N-ethyl adjacent to an activating group) is 1. The smallest absolute Gasteiger partial charge is 0.411 e. The van der Waals surface area contributed by atoms with Crippen LogP contribution in [0.25, 0.3) is 0 Å². The van der Waals surface area contributed by atoms with E-state index in [0.29, 0.717) is 0 Å². The lowest BCUT2D eigenvalue weighted by atomic mass is 9.90. The van der Waals surface area contributed by atoms with Crippen molar-refractivity contribution in [1.29, 1.82) is 0 Å². The number of aromatic nitrogens is 1. The number of carbonyl (C=O) groups is 2.